The lowest BCUT2D eigenvalue weighted by Crippen LogP contribution is -2.42. The quantitative estimate of drug-likeness (QED) is 0.620. The maximum atomic E-state index is 13.0. The van der Waals surface area contributed by atoms with Crippen molar-refractivity contribution in [1.29, 1.82) is 0 Å². The van der Waals surface area contributed by atoms with E-state index in [9.17, 15) is 9.59 Å². The Kier molecular flexibility index (Phi) is 5.69. The lowest BCUT2D eigenvalue weighted by molar-refractivity contribution is -0.177. The second-order valence-corrected chi connectivity index (χ2v) is 9.54. The van der Waals surface area contributed by atoms with Crippen LogP contribution >= 0.6 is 0 Å². The molecular weight excluding hydrogens is 328 g/mol. The highest BCUT2D eigenvalue weighted by Crippen LogP contribution is 2.51. The minimum Gasteiger partial charge on any atom is -0.462 e. The summed E-state index contributed by atoms with van der Waals surface area (Å²) in [5.41, 5.74) is -0.695. The molecule has 3 rings (SSSR count). The Labute approximate surface area is 158 Å². The Balaban J connectivity index is 1.63. The van der Waals surface area contributed by atoms with E-state index in [-0.39, 0.29) is 35.5 Å². The average molecular weight is 365 g/mol. The lowest BCUT2D eigenvalue weighted by Gasteiger charge is -2.38. The van der Waals surface area contributed by atoms with E-state index in [0.29, 0.717) is 5.92 Å². The van der Waals surface area contributed by atoms with Crippen molar-refractivity contribution in [3.8, 4) is 0 Å². The SMILES string of the molecule is CCC1(OC(=O)C2CC3CC(OC(=O)C(C)(C)CC)C2C3)CCCCC1. The van der Waals surface area contributed by atoms with E-state index >= 15 is 0 Å². The van der Waals surface area contributed by atoms with Crippen LogP contribution in [0.25, 0.3) is 0 Å². The molecule has 0 aromatic carbocycles. The first-order chi connectivity index (χ1) is 12.3. The maximum Gasteiger partial charge on any atom is 0.311 e. The molecule has 0 saturated heterocycles. The largest absolute Gasteiger partial charge is 0.462 e. The highest BCUT2D eigenvalue weighted by atomic mass is 16.6. The number of carbonyl (C=O) groups excluding carboxylic acids is 2. The summed E-state index contributed by atoms with van der Waals surface area (Å²) in [5.74, 6) is 0.422. The van der Waals surface area contributed by atoms with E-state index in [1.165, 1.54) is 6.42 Å². The monoisotopic (exact) mass is 364 g/mol. The third-order valence-electron chi connectivity index (χ3n) is 7.48. The Morgan fingerprint density at radius 3 is 2.31 bits per heavy atom. The number of hydrogen-bond acceptors (Lipinski definition) is 4. The van der Waals surface area contributed by atoms with Gasteiger partial charge < -0.3 is 9.47 Å². The van der Waals surface area contributed by atoms with Crippen LogP contribution < -0.4 is 0 Å². The summed E-state index contributed by atoms with van der Waals surface area (Å²) in [4.78, 5) is 25.5. The first kappa shape index (κ1) is 19.7. The summed E-state index contributed by atoms with van der Waals surface area (Å²) >= 11 is 0. The van der Waals surface area contributed by atoms with E-state index in [1.54, 1.807) is 0 Å². The molecule has 3 fully saturated rings. The molecule has 3 aliphatic carbocycles. The summed E-state index contributed by atoms with van der Waals surface area (Å²) in [6.07, 6.45) is 9.95. The zero-order valence-electron chi connectivity index (χ0n) is 17.0. The van der Waals surface area contributed by atoms with Gasteiger partial charge in [-0.2, -0.15) is 0 Å². The minimum atomic E-state index is -0.452. The van der Waals surface area contributed by atoms with Crippen LogP contribution in [-0.4, -0.2) is 23.6 Å². The van der Waals surface area contributed by atoms with Crippen molar-refractivity contribution >= 4 is 11.9 Å². The Hall–Kier alpha value is -1.06. The maximum absolute atomic E-state index is 13.0. The molecule has 0 N–H and O–H groups in total. The van der Waals surface area contributed by atoms with Gasteiger partial charge in [0.25, 0.3) is 0 Å². The standard InChI is InChI=1S/C22H36O4/c1-5-21(3,4)20(24)25-18-14-15-12-16(18)17(13-15)19(23)26-22(6-2)10-8-7-9-11-22/h15-18H,5-14H2,1-4H3. The minimum absolute atomic E-state index is 0.0308. The number of ether oxygens (including phenoxy) is 2. The molecule has 0 amide bonds. The summed E-state index contributed by atoms with van der Waals surface area (Å²) in [6, 6.07) is 0. The molecule has 4 atom stereocenters. The van der Waals surface area contributed by atoms with Crippen LogP contribution in [0.3, 0.4) is 0 Å². The van der Waals surface area contributed by atoms with Crippen LogP contribution in [0.15, 0.2) is 0 Å². The molecule has 0 spiro atoms. The van der Waals surface area contributed by atoms with Gasteiger partial charge in [0.05, 0.1) is 11.3 Å². The molecular formula is C22H36O4. The molecule has 4 unspecified atom stereocenters. The highest BCUT2D eigenvalue weighted by Gasteiger charge is 2.53. The van der Waals surface area contributed by atoms with Crippen LogP contribution in [0.4, 0.5) is 0 Å². The van der Waals surface area contributed by atoms with Gasteiger partial charge in [-0.3, -0.25) is 9.59 Å². The first-order valence-electron chi connectivity index (χ1n) is 10.7. The Morgan fingerprint density at radius 2 is 1.73 bits per heavy atom. The molecule has 4 nitrogen and oxygen atoms in total. The van der Waals surface area contributed by atoms with Gasteiger partial charge in [0.15, 0.2) is 0 Å². The van der Waals surface area contributed by atoms with E-state index < -0.39 is 5.41 Å². The second kappa shape index (κ2) is 7.52. The predicted molar refractivity (Wildman–Crippen MR) is 100 cm³/mol. The highest BCUT2D eigenvalue weighted by molar-refractivity contribution is 5.77. The molecule has 3 saturated carbocycles. The fraction of sp³-hybridized carbons (Fsp3) is 0.909. The second-order valence-electron chi connectivity index (χ2n) is 9.54. The van der Waals surface area contributed by atoms with Crippen molar-refractivity contribution in [2.24, 2.45) is 23.2 Å². The van der Waals surface area contributed by atoms with Crippen LogP contribution in [-0.2, 0) is 19.1 Å². The van der Waals surface area contributed by atoms with Gasteiger partial charge in [0.2, 0.25) is 0 Å². The zero-order valence-corrected chi connectivity index (χ0v) is 17.0. The topological polar surface area (TPSA) is 52.6 Å². The van der Waals surface area contributed by atoms with Crippen molar-refractivity contribution < 1.29 is 19.1 Å². The summed E-state index contributed by atoms with van der Waals surface area (Å²) < 4.78 is 12.0. The van der Waals surface area contributed by atoms with Crippen LogP contribution in [0, 0.1) is 23.2 Å². The van der Waals surface area contributed by atoms with Crippen LogP contribution in [0.2, 0.25) is 0 Å². The van der Waals surface area contributed by atoms with E-state index in [0.717, 1.165) is 57.8 Å². The molecule has 0 aliphatic heterocycles. The molecule has 4 heteroatoms. The molecule has 0 radical (unpaired) electrons. The van der Waals surface area contributed by atoms with Gasteiger partial charge in [-0.1, -0.05) is 20.3 Å². The number of rotatable bonds is 6. The first-order valence-corrected chi connectivity index (χ1v) is 10.7. The number of esters is 2. The van der Waals surface area contributed by atoms with Gasteiger partial charge >= 0.3 is 11.9 Å². The van der Waals surface area contributed by atoms with Crippen LogP contribution in [0.5, 0.6) is 0 Å². The van der Waals surface area contributed by atoms with Crippen molar-refractivity contribution in [2.45, 2.75) is 104 Å². The molecule has 0 heterocycles. The molecule has 3 aliphatic rings. The summed E-state index contributed by atoms with van der Waals surface area (Å²) in [6.45, 7) is 8.01. The van der Waals surface area contributed by atoms with Gasteiger partial charge in [0, 0.05) is 5.92 Å². The number of hydrogen-bond donors (Lipinski definition) is 0. The normalized spacial score (nSPS) is 33.1. The smallest absolute Gasteiger partial charge is 0.311 e. The molecule has 0 aromatic rings. The summed E-state index contributed by atoms with van der Waals surface area (Å²) in [7, 11) is 0. The van der Waals surface area contributed by atoms with Crippen molar-refractivity contribution in [2.75, 3.05) is 0 Å². The molecule has 148 valence electrons. The van der Waals surface area contributed by atoms with Gasteiger partial charge in [-0.15, -0.1) is 0 Å². The van der Waals surface area contributed by atoms with E-state index in [4.69, 9.17) is 9.47 Å². The van der Waals surface area contributed by atoms with Gasteiger partial charge in [0.1, 0.15) is 11.7 Å². The van der Waals surface area contributed by atoms with Crippen molar-refractivity contribution in [3.63, 3.8) is 0 Å². The fourth-order valence-electron chi connectivity index (χ4n) is 5.15. The van der Waals surface area contributed by atoms with E-state index in [2.05, 4.69) is 6.92 Å². The predicted octanol–water partition coefficient (Wildman–Crippen LogP) is 5.04. The Morgan fingerprint density at radius 1 is 1.04 bits per heavy atom. The molecule has 26 heavy (non-hydrogen) atoms. The van der Waals surface area contributed by atoms with Gasteiger partial charge in [-0.25, -0.2) is 0 Å². The van der Waals surface area contributed by atoms with Crippen LogP contribution in [0.1, 0.15) is 91.9 Å². The molecule has 0 aromatic heterocycles. The number of fused-ring (bicyclic) bond motifs is 2. The fourth-order valence-corrected chi connectivity index (χ4v) is 5.15. The lowest BCUT2D eigenvalue weighted by atomic mass is 9.81. The third-order valence-corrected chi connectivity index (χ3v) is 7.48. The van der Waals surface area contributed by atoms with Crippen molar-refractivity contribution in [1.82, 2.24) is 0 Å². The van der Waals surface area contributed by atoms with Gasteiger partial charge in [-0.05, 0) is 77.6 Å². The third kappa shape index (κ3) is 3.80. The summed E-state index contributed by atoms with van der Waals surface area (Å²) in [5, 5.41) is 0. The number of carbonyl (C=O) groups is 2. The van der Waals surface area contributed by atoms with Crippen molar-refractivity contribution in [3.05, 3.63) is 0 Å². The van der Waals surface area contributed by atoms with E-state index in [1.807, 2.05) is 20.8 Å². The Bertz CT molecular complexity index is 532. The molecule has 2 bridgehead atoms. The average Bonchev–Trinajstić information content (AvgIpc) is 3.22. The zero-order chi connectivity index (χ0) is 18.9.